The van der Waals surface area contributed by atoms with Gasteiger partial charge < -0.3 is 13.8 Å². The smallest absolute Gasteiger partial charge is 0.187 e. The minimum Gasteiger partial charge on any atom is -0.372 e. The molecule has 3 heterocycles. The lowest BCUT2D eigenvalue weighted by molar-refractivity contribution is 0.0948. The Kier molecular flexibility index (Phi) is 6.46. The molecule has 3 aromatic heterocycles. The maximum Gasteiger partial charge on any atom is 0.187 e. The molecule has 0 N–H and O–H groups in total. The summed E-state index contributed by atoms with van der Waals surface area (Å²) in [6, 6.07) is 7.27. The van der Waals surface area contributed by atoms with Gasteiger partial charge in [-0.1, -0.05) is 28.9 Å². The molecular weight excluding hydrogens is 468 g/mol. The summed E-state index contributed by atoms with van der Waals surface area (Å²) in [6.07, 6.45) is 1.93. The van der Waals surface area contributed by atoms with Crippen molar-refractivity contribution in [3.8, 4) is 11.5 Å². The number of para-hydroxylation sites is 1. The van der Waals surface area contributed by atoms with Gasteiger partial charge in [-0.15, -0.1) is 10.2 Å². The Morgan fingerprint density at radius 2 is 1.82 bits per heavy atom. The first-order valence-electron chi connectivity index (χ1n) is 10.2. The van der Waals surface area contributed by atoms with E-state index in [9.17, 15) is 8.42 Å². The molecule has 0 saturated heterocycles. The summed E-state index contributed by atoms with van der Waals surface area (Å²) in [6.45, 7) is 5.41. The van der Waals surface area contributed by atoms with E-state index in [0.717, 1.165) is 5.39 Å². The van der Waals surface area contributed by atoms with Crippen molar-refractivity contribution in [1.82, 2.24) is 29.9 Å². The van der Waals surface area contributed by atoms with Gasteiger partial charge in [0.2, 0.25) is 0 Å². The number of aromatic nitrogens is 6. The van der Waals surface area contributed by atoms with Crippen LogP contribution in [0.3, 0.4) is 0 Å². The van der Waals surface area contributed by atoms with E-state index in [-0.39, 0.29) is 17.6 Å². The SMILES string of the molecule is CO[C@H](c1ncc(Cl)cn1)[C@H](C)S(=O)(=O)Cc1nnc(-c2noc3ccccc23)n1C(C)C. The average molecular weight is 491 g/mol. The number of hydrogen-bond donors (Lipinski definition) is 0. The Morgan fingerprint density at radius 3 is 2.48 bits per heavy atom. The van der Waals surface area contributed by atoms with Crippen LogP contribution < -0.4 is 0 Å². The van der Waals surface area contributed by atoms with Crippen molar-refractivity contribution in [1.29, 1.82) is 0 Å². The lowest BCUT2D eigenvalue weighted by atomic mass is 10.2. The Hall–Kier alpha value is -2.89. The van der Waals surface area contributed by atoms with Gasteiger partial charge in [-0.2, -0.15) is 0 Å². The number of rotatable bonds is 8. The Balaban J connectivity index is 1.69. The van der Waals surface area contributed by atoms with Gasteiger partial charge in [0.05, 0.1) is 15.7 Å². The molecule has 0 aliphatic rings. The van der Waals surface area contributed by atoms with Crippen LogP contribution in [-0.4, -0.2) is 50.7 Å². The second-order valence-electron chi connectivity index (χ2n) is 7.86. The number of benzene rings is 1. The predicted octanol–water partition coefficient (Wildman–Crippen LogP) is 3.80. The van der Waals surface area contributed by atoms with Crippen molar-refractivity contribution in [3.05, 3.63) is 53.3 Å². The first-order valence-corrected chi connectivity index (χ1v) is 12.3. The Labute approximate surface area is 195 Å². The largest absolute Gasteiger partial charge is 0.372 e. The summed E-state index contributed by atoms with van der Waals surface area (Å²) in [5, 5.41) is 12.8. The van der Waals surface area contributed by atoms with Crippen molar-refractivity contribution >= 4 is 32.4 Å². The molecule has 0 radical (unpaired) electrons. The number of hydrogen-bond acceptors (Lipinski definition) is 9. The van der Waals surface area contributed by atoms with Gasteiger partial charge in [0.25, 0.3) is 0 Å². The van der Waals surface area contributed by atoms with E-state index in [1.54, 1.807) is 17.6 Å². The number of methoxy groups -OCH3 is 1. The number of ether oxygens (including phenoxy) is 1. The fraction of sp³-hybridized carbons (Fsp3) is 0.381. The first-order chi connectivity index (χ1) is 15.7. The summed E-state index contributed by atoms with van der Waals surface area (Å²) in [4.78, 5) is 8.24. The molecule has 0 unspecified atom stereocenters. The fourth-order valence-corrected chi connectivity index (χ4v) is 5.18. The molecule has 12 heteroatoms. The fourth-order valence-electron chi connectivity index (χ4n) is 3.65. The zero-order chi connectivity index (χ0) is 23.8. The van der Waals surface area contributed by atoms with Crippen LogP contribution in [0.4, 0.5) is 0 Å². The number of nitrogens with zero attached hydrogens (tertiary/aromatic N) is 6. The summed E-state index contributed by atoms with van der Waals surface area (Å²) in [7, 11) is -2.33. The average Bonchev–Trinajstić information content (AvgIpc) is 3.39. The monoisotopic (exact) mass is 490 g/mol. The van der Waals surface area contributed by atoms with E-state index < -0.39 is 21.2 Å². The molecule has 0 saturated carbocycles. The van der Waals surface area contributed by atoms with Crippen LogP contribution in [-0.2, 0) is 20.3 Å². The molecule has 1 aromatic carbocycles. The normalized spacial score (nSPS) is 14.1. The summed E-state index contributed by atoms with van der Waals surface area (Å²) in [5.74, 6) is 0.628. The zero-order valence-corrected chi connectivity index (χ0v) is 20.1. The van der Waals surface area contributed by atoms with E-state index in [2.05, 4.69) is 25.3 Å². The minimum atomic E-state index is -3.74. The molecule has 33 heavy (non-hydrogen) atoms. The molecule has 0 aliphatic heterocycles. The minimum absolute atomic E-state index is 0.121. The molecular formula is C21H23ClN6O4S. The molecule has 0 aliphatic carbocycles. The molecule has 10 nitrogen and oxygen atoms in total. The second kappa shape index (κ2) is 9.16. The van der Waals surface area contributed by atoms with Crippen molar-refractivity contribution in [2.24, 2.45) is 0 Å². The maximum absolute atomic E-state index is 13.3. The highest BCUT2D eigenvalue weighted by Crippen LogP contribution is 2.31. The molecule has 0 bridgehead atoms. The van der Waals surface area contributed by atoms with Gasteiger partial charge in [-0.3, -0.25) is 0 Å². The van der Waals surface area contributed by atoms with Gasteiger partial charge in [0.15, 0.2) is 32.8 Å². The topological polar surface area (TPSA) is 126 Å². The van der Waals surface area contributed by atoms with Gasteiger partial charge in [-0.25, -0.2) is 18.4 Å². The van der Waals surface area contributed by atoms with Crippen LogP contribution >= 0.6 is 11.6 Å². The molecule has 0 fully saturated rings. The third kappa shape index (κ3) is 4.48. The highest BCUT2D eigenvalue weighted by atomic mass is 35.5. The predicted molar refractivity (Wildman–Crippen MR) is 122 cm³/mol. The molecule has 4 aromatic rings. The molecule has 2 atom stereocenters. The van der Waals surface area contributed by atoms with Gasteiger partial charge >= 0.3 is 0 Å². The van der Waals surface area contributed by atoms with Crippen LogP contribution in [0.1, 0.15) is 44.6 Å². The van der Waals surface area contributed by atoms with E-state index in [0.29, 0.717) is 27.9 Å². The zero-order valence-electron chi connectivity index (χ0n) is 18.5. The van der Waals surface area contributed by atoms with E-state index in [4.69, 9.17) is 20.9 Å². The second-order valence-corrected chi connectivity index (χ2v) is 10.7. The van der Waals surface area contributed by atoms with E-state index in [1.807, 2.05) is 32.0 Å². The standard InChI is InChI=1S/C21H23ClN6O4S/c1-12(2)28-17(25-26-21(28)18-15-7-5-6-8-16(15)32-27-18)11-33(29,30)13(3)19(31-4)20-23-9-14(22)10-24-20/h5-10,12-13,19H,11H2,1-4H3/t13-,19-/m0/s1. The van der Waals surface area contributed by atoms with Crippen LogP contribution in [0, 0.1) is 0 Å². The van der Waals surface area contributed by atoms with Crippen molar-refractivity contribution in [2.45, 2.75) is 43.9 Å². The number of fused-ring (bicyclic) bond motifs is 1. The highest BCUT2D eigenvalue weighted by molar-refractivity contribution is 7.91. The van der Waals surface area contributed by atoms with Crippen LogP contribution in [0.2, 0.25) is 5.02 Å². The third-order valence-corrected chi connectivity index (χ3v) is 7.58. The maximum atomic E-state index is 13.3. The lowest BCUT2D eigenvalue weighted by Crippen LogP contribution is -2.30. The molecule has 174 valence electrons. The number of halogens is 1. The lowest BCUT2D eigenvalue weighted by Gasteiger charge is -2.22. The van der Waals surface area contributed by atoms with E-state index >= 15 is 0 Å². The van der Waals surface area contributed by atoms with Crippen molar-refractivity contribution in [3.63, 3.8) is 0 Å². The Bertz CT molecular complexity index is 1370. The van der Waals surface area contributed by atoms with Crippen LogP contribution in [0.15, 0.2) is 41.2 Å². The van der Waals surface area contributed by atoms with Crippen molar-refractivity contribution in [2.75, 3.05) is 7.11 Å². The van der Waals surface area contributed by atoms with Crippen molar-refractivity contribution < 1.29 is 17.7 Å². The van der Waals surface area contributed by atoms with Crippen LogP contribution in [0.25, 0.3) is 22.5 Å². The quantitative estimate of drug-likeness (QED) is 0.362. The third-order valence-electron chi connectivity index (χ3n) is 5.34. The summed E-state index contributed by atoms with van der Waals surface area (Å²) >= 11 is 5.85. The Morgan fingerprint density at radius 1 is 1.12 bits per heavy atom. The molecule has 4 rings (SSSR count). The van der Waals surface area contributed by atoms with Gasteiger partial charge in [0.1, 0.15) is 17.7 Å². The molecule has 0 amide bonds. The van der Waals surface area contributed by atoms with Gasteiger partial charge in [0, 0.05) is 25.5 Å². The van der Waals surface area contributed by atoms with E-state index in [1.165, 1.54) is 19.5 Å². The van der Waals surface area contributed by atoms with Gasteiger partial charge in [-0.05, 0) is 32.9 Å². The summed E-state index contributed by atoms with van der Waals surface area (Å²) in [5.41, 5.74) is 1.12. The van der Waals surface area contributed by atoms with Crippen LogP contribution in [0.5, 0.6) is 0 Å². The number of sulfone groups is 1. The molecule has 0 spiro atoms. The highest BCUT2D eigenvalue weighted by Gasteiger charge is 2.35. The first kappa shape index (κ1) is 23.3. The summed E-state index contributed by atoms with van der Waals surface area (Å²) < 4.78 is 39.3.